The quantitative estimate of drug-likeness (QED) is 0.411. The molecule has 0 amide bonds. The number of hydrogen-bond donors (Lipinski definition) is 0. The second-order valence-corrected chi connectivity index (χ2v) is 8.16. The molecule has 3 heteroatoms. The minimum atomic E-state index is 0.724. The zero-order valence-electron chi connectivity index (χ0n) is 15.5. The number of nitrogens with zero attached hydrogens (tertiary/aromatic N) is 1. The van der Waals surface area contributed by atoms with Gasteiger partial charge in [-0.25, -0.2) is 0 Å². The van der Waals surface area contributed by atoms with E-state index in [1.54, 1.807) is 0 Å². The highest BCUT2D eigenvalue weighted by atomic mass is 32.1. The van der Waals surface area contributed by atoms with E-state index in [0.717, 1.165) is 41.7 Å². The molecule has 0 unspecified atom stereocenters. The molecule has 0 heterocycles. The molecule has 0 saturated heterocycles. The van der Waals surface area contributed by atoms with Crippen LogP contribution in [0.3, 0.4) is 0 Å². The van der Waals surface area contributed by atoms with E-state index in [2.05, 4.69) is 29.3 Å². The number of thiocarbonyl (C=S) groups is 1. The maximum absolute atomic E-state index is 6.00. The molecular formula is C22H31NOS. The molecule has 3 rings (SSSR count). The molecule has 2 aliphatic carbocycles. The summed E-state index contributed by atoms with van der Waals surface area (Å²) in [6.07, 6.45) is 12.8. The van der Waals surface area contributed by atoms with Crippen molar-refractivity contribution in [1.29, 1.82) is 0 Å². The molecule has 0 radical (unpaired) electrons. The summed E-state index contributed by atoms with van der Waals surface area (Å²) in [7, 11) is 0. The van der Waals surface area contributed by atoms with Gasteiger partial charge in [0.05, 0.1) is 17.5 Å². The molecule has 1 aromatic carbocycles. The van der Waals surface area contributed by atoms with Crippen LogP contribution in [0.25, 0.3) is 0 Å². The van der Waals surface area contributed by atoms with Crippen molar-refractivity contribution in [2.45, 2.75) is 64.7 Å². The Labute approximate surface area is 158 Å². The van der Waals surface area contributed by atoms with Gasteiger partial charge < -0.3 is 4.74 Å². The van der Waals surface area contributed by atoms with Gasteiger partial charge in [-0.2, -0.15) is 4.99 Å². The molecule has 0 bridgehead atoms. The van der Waals surface area contributed by atoms with Gasteiger partial charge in [-0.1, -0.05) is 26.2 Å². The van der Waals surface area contributed by atoms with Crippen LogP contribution in [0.15, 0.2) is 29.3 Å². The minimum absolute atomic E-state index is 0.724. The van der Waals surface area contributed by atoms with Crippen LogP contribution < -0.4 is 4.74 Å². The lowest BCUT2D eigenvalue weighted by molar-refractivity contribution is 0.123. The molecule has 0 atom stereocenters. The highest BCUT2D eigenvalue weighted by Gasteiger charge is 2.30. The molecule has 2 saturated carbocycles. The van der Waals surface area contributed by atoms with Crippen molar-refractivity contribution in [2.75, 3.05) is 6.61 Å². The predicted molar refractivity (Wildman–Crippen MR) is 108 cm³/mol. The zero-order chi connectivity index (χ0) is 17.5. The third-order valence-corrected chi connectivity index (χ3v) is 6.62. The van der Waals surface area contributed by atoms with Crippen molar-refractivity contribution in [1.82, 2.24) is 0 Å². The summed E-state index contributed by atoms with van der Waals surface area (Å²) in [6, 6.07) is 7.81. The van der Waals surface area contributed by atoms with Crippen LogP contribution in [0.4, 0.5) is 5.69 Å². The second kappa shape index (κ2) is 9.50. The number of aliphatic imine (C=N–C) groups is 1. The lowest BCUT2D eigenvalue weighted by atomic mass is 9.69. The molecule has 136 valence electrons. The first-order valence-electron chi connectivity index (χ1n) is 10.1. The smallest absolute Gasteiger partial charge is 0.119 e. The van der Waals surface area contributed by atoms with E-state index >= 15 is 0 Å². The summed E-state index contributed by atoms with van der Waals surface area (Å²) in [6.45, 7) is 3.21. The summed E-state index contributed by atoms with van der Waals surface area (Å²) in [5, 5.41) is 2.39. The van der Waals surface area contributed by atoms with Crippen LogP contribution in [0.1, 0.15) is 64.7 Å². The maximum atomic E-state index is 6.00. The van der Waals surface area contributed by atoms with Gasteiger partial charge in [0.15, 0.2) is 0 Å². The van der Waals surface area contributed by atoms with Crippen LogP contribution in [0.2, 0.25) is 0 Å². The van der Waals surface area contributed by atoms with E-state index < -0.39 is 0 Å². The van der Waals surface area contributed by atoms with E-state index in [-0.39, 0.29) is 0 Å². The van der Waals surface area contributed by atoms with Gasteiger partial charge in [0, 0.05) is 0 Å². The van der Waals surface area contributed by atoms with Gasteiger partial charge >= 0.3 is 0 Å². The van der Waals surface area contributed by atoms with Crippen LogP contribution in [0.5, 0.6) is 5.75 Å². The lowest BCUT2D eigenvalue weighted by Crippen LogP contribution is -2.27. The standard InChI is InChI=1S/C22H31NOS/c1-2-17-3-7-19(8-4-17)20-9-5-18(6-10-20)15-24-22-13-11-21(12-14-22)23-16-25/h11-14,17-20H,2-10,15H2,1H3/t17-,18?,19-,20?. The monoisotopic (exact) mass is 357 g/mol. The van der Waals surface area contributed by atoms with Crippen molar-refractivity contribution in [3.05, 3.63) is 24.3 Å². The Balaban J connectivity index is 1.38. The van der Waals surface area contributed by atoms with Crippen LogP contribution in [0, 0.1) is 23.7 Å². The number of benzene rings is 1. The fourth-order valence-corrected chi connectivity index (χ4v) is 4.88. The molecule has 0 aromatic heterocycles. The van der Waals surface area contributed by atoms with E-state index in [1.807, 2.05) is 24.3 Å². The van der Waals surface area contributed by atoms with Gasteiger partial charge in [-0.15, -0.1) is 0 Å². The maximum Gasteiger partial charge on any atom is 0.119 e. The summed E-state index contributed by atoms with van der Waals surface area (Å²) >= 11 is 4.62. The van der Waals surface area contributed by atoms with Crippen molar-refractivity contribution < 1.29 is 4.74 Å². The first-order chi connectivity index (χ1) is 12.3. The first kappa shape index (κ1) is 18.6. The van der Waals surface area contributed by atoms with Crippen molar-refractivity contribution >= 4 is 23.1 Å². The number of isothiocyanates is 1. The first-order valence-corrected chi connectivity index (χ1v) is 10.5. The van der Waals surface area contributed by atoms with Crippen molar-refractivity contribution in [3.8, 4) is 5.75 Å². The van der Waals surface area contributed by atoms with Crippen molar-refractivity contribution in [2.24, 2.45) is 28.7 Å². The van der Waals surface area contributed by atoms with Gasteiger partial charge in [0.1, 0.15) is 5.75 Å². The normalized spacial score (nSPS) is 29.6. The summed E-state index contributed by atoms with van der Waals surface area (Å²) < 4.78 is 6.00. The number of hydrogen-bond acceptors (Lipinski definition) is 3. The fourth-order valence-electron chi connectivity index (χ4n) is 4.78. The SMILES string of the molecule is CC[C@H]1CC[C@H](C2CCC(COc3ccc(N=C=S)cc3)CC2)CC1. The highest BCUT2D eigenvalue weighted by molar-refractivity contribution is 7.78. The third-order valence-electron chi connectivity index (χ3n) is 6.52. The van der Waals surface area contributed by atoms with E-state index in [9.17, 15) is 0 Å². The zero-order valence-corrected chi connectivity index (χ0v) is 16.3. The molecule has 0 aliphatic heterocycles. The summed E-state index contributed by atoms with van der Waals surface area (Å²) in [4.78, 5) is 3.97. The van der Waals surface area contributed by atoms with Gasteiger partial charge in [-0.3, -0.25) is 0 Å². The second-order valence-electron chi connectivity index (χ2n) is 7.98. The van der Waals surface area contributed by atoms with Gasteiger partial charge in [0.2, 0.25) is 0 Å². The Bertz CT molecular complexity index is 562. The van der Waals surface area contributed by atoms with Crippen LogP contribution in [-0.4, -0.2) is 11.8 Å². The number of rotatable bonds is 6. The minimum Gasteiger partial charge on any atom is -0.493 e. The summed E-state index contributed by atoms with van der Waals surface area (Å²) in [5.74, 6) is 4.67. The van der Waals surface area contributed by atoms with Crippen LogP contribution >= 0.6 is 12.2 Å². The number of ether oxygens (including phenoxy) is 1. The fraction of sp³-hybridized carbons (Fsp3) is 0.682. The Morgan fingerprint density at radius 2 is 1.48 bits per heavy atom. The topological polar surface area (TPSA) is 21.6 Å². The van der Waals surface area contributed by atoms with E-state index in [1.165, 1.54) is 57.8 Å². The average molecular weight is 358 g/mol. The Morgan fingerprint density at radius 3 is 2.00 bits per heavy atom. The molecule has 0 N–H and O–H groups in total. The molecule has 2 nitrogen and oxygen atoms in total. The molecule has 2 fully saturated rings. The predicted octanol–water partition coefficient (Wildman–Crippen LogP) is 6.82. The van der Waals surface area contributed by atoms with Crippen molar-refractivity contribution in [3.63, 3.8) is 0 Å². The average Bonchev–Trinajstić information content (AvgIpc) is 2.68. The Hall–Kier alpha value is -1.18. The Kier molecular flexibility index (Phi) is 7.07. The summed E-state index contributed by atoms with van der Waals surface area (Å²) in [5.41, 5.74) is 0.834. The third kappa shape index (κ3) is 5.39. The largest absolute Gasteiger partial charge is 0.493 e. The molecule has 0 spiro atoms. The molecular weight excluding hydrogens is 326 g/mol. The van der Waals surface area contributed by atoms with E-state index in [4.69, 9.17) is 4.74 Å². The molecule has 25 heavy (non-hydrogen) atoms. The van der Waals surface area contributed by atoms with Gasteiger partial charge in [-0.05, 0) is 98.7 Å². The van der Waals surface area contributed by atoms with Gasteiger partial charge in [0.25, 0.3) is 0 Å². The van der Waals surface area contributed by atoms with Crippen LogP contribution in [-0.2, 0) is 0 Å². The Morgan fingerprint density at radius 1 is 0.920 bits per heavy atom. The molecule has 2 aliphatic rings. The lowest BCUT2D eigenvalue weighted by Gasteiger charge is -2.37. The van der Waals surface area contributed by atoms with E-state index in [0.29, 0.717) is 0 Å². The molecule has 1 aromatic rings. The highest BCUT2D eigenvalue weighted by Crippen LogP contribution is 2.42.